The van der Waals surface area contributed by atoms with E-state index < -0.39 is 29.2 Å². The topological polar surface area (TPSA) is 73.7 Å². The molecule has 2 aliphatic heterocycles. The van der Waals surface area contributed by atoms with E-state index in [-0.39, 0.29) is 12.3 Å². The zero-order valence-electron chi connectivity index (χ0n) is 17.8. The van der Waals surface area contributed by atoms with Crippen molar-refractivity contribution in [1.29, 1.82) is 5.41 Å². The van der Waals surface area contributed by atoms with Crippen LogP contribution in [-0.4, -0.2) is 47.7 Å². The van der Waals surface area contributed by atoms with Gasteiger partial charge in [-0.3, -0.25) is 19.4 Å². The van der Waals surface area contributed by atoms with Crippen LogP contribution in [0.4, 0.5) is 10.1 Å². The highest BCUT2D eigenvalue weighted by Crippen LogP contribution is 2.45. The summed E-state index contributed by atoms with van der Waals surface area (Å²) in [5.74, 6) is -3.04. The van der Waals surface area contributed by atoms with Crippen LogP contribution in [0.5, 0.6) is 0 Å². The predicted octanol–water partition coefficient (Wildman–Crippen LogP) is 4.17. The first kappa shape index (κ1) is 22.6. The van der Waals surface area contributed by atoms with Gasteiger partial charge in [0, 0.05) is 24.1 Å². The van der Waals surface area contributed by atoms with Crippen LogP contribution in [0, 0.1) is 17.1 Å². The Bertz CT molecular complexity index is 1040. The van der Waals surface area contributed by atoms with Crippen molar-refractivity contribution in [3.05, 3.63) is 64.4 Å². The molecule has 0 radical (unpaired) electrons. The van der Waals surface area contributed by atoms with E-state index in [9.17, 15) is 14.0 Å². The standard InChI is InChI=1S/C24H25BrFN3O3/c1-2-32-23(31)20-21(27)24(29(22(20)30)19-14-17(26)8-9-18(19)25)10-12-28(13-11-24)15-16-6-4-3-5-7-16/h3-9,14,20,27H,2,10-13,15H2,1H3. The fraction of sp³-hybridized carbons (Fsp3) is 0.375. The van der Waals surface area contributed by atoms with Crippen LogP contribution in [0.3, 0.4) is 0 Å². The van der Waals surface area contributed by atoms with Gasteiger partial charge in [0.15, 0.2) is 5.92 Å². The van der Waals surface area contributed by atoms with Gasteiger partial charge in [-0.05, 0) is 59.5 Å². The minimum Gasteiger partial charge on any atom is -0.465 e. The lowest BCUT2D eigenvalue weighted by molar-refractivity contribution is -0.148. The molecule has 168 valence electrons. The molecule has 2 aromatic rings. The Labute approximate surface area is 195 Å². The second-order valence-corrected chi connectivity index (χ2v) is 9.02. The smallest absolute Gasteiger partial charge is 0.324 e. The number of likely N-dealkylation sites (tertiary alicyclic amines) is 1. The fourth-order valence-electron chi connectivity index (χ4n) is 4.72. The SMILES string of the molecule is CCOC(=O)C1C(=N)C2(CCN(Cc3ccccc3)CC2)N(c2cc(F)ccc2Br)C1=O. The molecule has 8 heteroatoms. The van der Waals surface area contributed by atoms with E-state index in [0.29, 0.717) is 36.1 Å². The van der Waals surface area contributed by atoms with Crippen LogP contribution in [-0.2, 0) is 20.9 Å². The van der Waals surface area contributed by atoms with Gasteiger partial charge in [-0.15, -0.1) is 0 Å². The van der Waals surface area contributed by atoms with Crippen molar-refractivity contribution in [1.82, 2.24) is 4.90 Å². The Balaban J connectivity index is 1.67. The zero-order chi connectivity index (χ0) is 22.9. The zero-order valence-corrected chi connectivity index (χ0v) is 19.4. The Morgan fingerprint density at radius 2 is 1.91 bits per heavy atom. The molecule has 0 saturated carbocycles. The van der Waals surface area contributed by atoms with Gasteiger partial charge in [0.2, 0.25) is 5.91 Å². The highest BCUT2D eigenvalue weighted by atomic mass is 79.9. The first-order chi connectivity index (χ1) is 15.4. The van der Waals surface area contributed by atoms with E-state index in [1.807, 2.05) is 18.2 Å². The fourth-order valence-corrected chi connectivity index (χ4v) is 5.14. The molecule has 2 heterocycles. The lowest BCUT2D eigenvalue weighted by Gasteiger charge is -2.44. The minimum absolute atomic E-state index is 0.0384. The van der Waals surface area contributed by atoms with Gasteiger partial charge in [-0.1, -0.05) is 30.3 Å². The van der Waals surface area contributed by atoms with Crippen molar-refractivity contribution in [3.63, 3.8) is 0 Å². The Hall–Kier alpha value is -2.58. The molecular weight excluding hydrogens is 477 g/mol. The molecular formula is C24H25BrFN3O3. The van der Waals surface area contributed by atoms with Gasteiger partial charge in [-0.25, -0.2) is 4.39 Å². The summed E-state index contributed by atoms with van der Waals surface area (Å²) in [4.78, 5) is 29.8. The van der Waals surface area contributed by atoms with E-state index in [4.69, 9.17) is 10.1 Å². The third-order valence-corrected chi connectivity index (χ3v) is 6.96. The molecule has 6 nitrogen and oxygen atoms in total. The number of ether oxygens (including phenoxy) is 1. The number of halogens is 2. The van der Waals surface area contributed by atoms with Crippen molar-refractivity contribution in [2.45, 2.75) is 31.8 Å². The lowest BCUT2D eigenvalue weighted by Crippen LogP contribution is -2.56. The Kier molecular flexibility index (Phi) is 6.44. The van der Waals surface area contributed by atoms with Gasteiger partial charge in [0.05, 0.1) is 23.5 Å². The quantitative estimate of drug-likeness (QED) is 0.492. The van der Waals surface area contributed by atoms with Crippen LogP contribution < -0.4 is 4.90 Å². The largest absolute Gasteiger partial charge is 0.465 e. The molecule has 0 bridgehead atoms. The van der Waals surface area contributed by atoms with Crippen LogP contribution in [0.1, 0.15) is 25.3 Å². The van der Waals surface area contributed by atoms with E-state index in [0.717, 1.165) is 6.54 Å². The highest BCUT2D eigenvalue weighted by molar-refractivity contribution is 9.10. The van der Waals surface area contributed by atoms with Crippen LogP contribution >= 0.6 is 15.9 Å². The first-order valence-corrected chi connectivity index (χ1v) is 11.5. The number of hydrogen-bond acceptors (Lipinski definition) is 5. The number of anilines is 1. The molecule has 1 atom stereocenters. The number of esters is 1. The molecule has 2 fully saturated rings. The van der Waals surface area contributed by atoms with E-state index in [2.05, 4.69) is 33.0 Å². The summed E-state index contributed by atoms with van der Waals surface area (Å²) < 4.78 is 19.8. The third-order valence-electron chi connectivity index (χ3n) is 6.29. The van der Waals surface area contributed by atoms with Gasteiger partial charge in [0.1, 0.15) is 5.82 Å². The normalized spacial score (nSPS) is 20.7. The van der Waals surface area contributed by atoms with Crippen molar-refractivity contribution < 1.29 is 18.7 Å². The molecule has 2 aromatic carbocycles. The molecule has 2 aliphatic rings. The molecule has 1 N–H and O–H groups in total. The number of nitrogens with one attached hydrogen (secondary N) is 1. The maximum atomic E-state index is 14.1. The second kappa shape index (κ2) is 9.11. The summed E-state index contributed by atoms with van der Waals surface area (Å²) in [6.07, 6.45) is 0.951. The summed E-state index contributed by atoms with van der Waals surface area (Å²) in [6, 6.07) is 14.2. The van der Waals surface area contributed by atoms with Crippen LogP contribution in [0.15, 0.2) is 53.0 Å². The number of piperidine rings is 1. The van der Waals surface area contributed by atoms with Gasteiger partial charge < -0.3 is 10.1 Å². The van der Waals surface area contributed by atoms with Gasteiger partial charge in [0.25, 0.3) is 0 Å². The number of nitrogens with zero attached hydrogens (tertiary/aromatic N) is 2. The van der Waals surface area contributed by atoms with Crippen LogP contribution in [0.25, 0.3) is 0 Å². The number of hydrogen-bond donors (Lipinski definition) is 1. The second-order valence-electron chi connectivity index (χ2n) is 8.16. The van der Waals surface area contributed by atoms with Gasteiger partial charge in [-0.2, -0.15) is 0 Å². The molecule has 0 aromatic heterocycles. The molecule has 32 heavy (non-hydrogen) atoms. The summed E-state index contributed by atoms with van der Waals surface area (Å²) in [5, 5.41) is 8.89. The van der Waals surface area contributed by atoms with Crippen molar-refractivity contribution in [2.24, 2.45) is 5.92 Å². The Morgan fingerprint density at radius 3 is 2.56 bits per heavy atom. The highest BCUT2D eigenvalue weighted by Gasteiger charge is 2.60. The number of benzene rings is 2. The predicted molar refractivity (Wildman–Crippen MR) is 123 cm³/mol. The van der Waals surface area contributed by atoms with Crippen LogP contribution in [0.2, 0.25) is 0 Å². The van der Waals surface area contributed by atoms with Gasteiger partial charge >= 0.3 is 5.97 Å². The summed E-state index contributed by atoms with van der Waals surface area (Å²) in [7, 11) is 0. The molecule has 2 saturated heterocycles. The first-order valence-electron chi connectivity index (χ1n) is 10.7. The number of amides is 1. The lowest BCUT2D eigenvalue weighted by atomic mass is 9.80. The van der Waals surface area contributed by atoms with E-state index in [1.165, 1.54) is 28.7 Å². The molecule has 1 spiro atoms. The minimum atomic E-state index is -1.30. The number of rotatable bonds is 5. The molecule has 4 rings (SSSR count). The number of carbonyl (C=O) groups excluding carboxylic acids is 2. The Morgan fingerprint density at radius 1 is 1.22 bits per heavy atom. The summed E-state index contributed by atoms with van der Waals surface area (Å²) in [6.45, 7) is 3.84. The maximum absolute atomic E-state index is 14.1. The number of carbonyl (C=O) groups is 2. The van der Waals surface area contributed by atoms with Crippen molar-refractivity contribution in [2.75, 3.05) is 24.6 Å². The maximum Gasteiger partial charge on any atom is 0.324 e. The van der Waals surface area contributed by atoms with Crippen molar-refractivity contribution >= 4 is 39.2 Å². The summed E-state index contributed by atoms with van der Waals surface area (Å²) in [5.41, 5.74) is 0.576. The molecule has 1 amide bonds. The average molecular weight is 502 g/mol. The third kappa shape index (κ3) is 3.97. The summed E-state index contributed by atoms with van der Waals surface area (Å²) >= 11 is 3.42. The van der Waals surface area contributed by atoms with E-state index in [1.54, 1.807) is 6.92 Å². The molecule has 0 aliphatic carbocycles. The van der Waals surface area contributed by atoms with Crippen molar-refractivity contribution in [3.8, 4) is 0 Å². The monoisotopic (exact) mass is 501 g/mol. The average Bonchev–Trinajstić information content (AvgIpc) is 2.98. The van der Waals surface area contributed by atoms with E-state index >= 15 is 0 Å². The molecule has 1 unspecified atom stereocenters.